The zero-order valence-electron chi connectivity index (χ0n) is 11.2. The summed E-state index contributed by atoms with van der Waals surface area (Å²) in [5.74, 6) is 1.42. The number of hydrogen-bond donors (Lipinski definition) is 1. The van der Waals surface area contributed by atoms with Crippen LogP contribution in [0.1, 0.15) is 36.7 Å². The summed E-state index contributed by atoms with van der Waals surface area (Å²) >= 11 is 0. The molecule has 18 heavy (non-hydrogen) atoms. The monoisotopic (exact) mass is 244 g/mol. The molecule has 0 bridgehead atoms. The van der Waals surface area contributed by atoms with Gasteiger partial charge in [-0.05, 0) is 17.0 Å². The molecule has 0 aliphatic carbocycles. The molecule has 2 aromatic rings. The number of aryl methyl sites for hydroxylation is 1. The Bertz CT molecular complexity index is 485. The van der Waals surface area contributed by atoms with Crippen molar-refractivity contribution in [2.24, 2.45) is 7.05 Å². The number of benzene rings is 1. The Kier molecular flexibility index (Phi) is 4.10. The third-order valence-corrected chi connectivity index (χ3v) is 2.91. The molecule has 2 rings (SSSR count). The Morgan fingerprint density at radius 3 is 2.44 bits per heavy atom. The summed E-state index contributed by atoms with van der Waals surface area (Å²) in [4.78, 5) is 4.17. The maximum atomic E-state index is 4.22. The molecule has 0 fully saturated rings. The standard InChI is InChI=1S/C14H20N4/c1-11(2)13-6-4-12(5-7-13)8-15-9-14-16-10-18(3)17-14/h4-7,10-11,15H,8-9H2,1-3H3. The van der Waals surface area contributed by atoms with Gasteiger partial charge in [0.1, 0.15) is 6.33 Å². The minimum Gasteiger partial charge on any atom is -0.306 e. The molecule has 0 amide bonds. The van der Waals surface area contributed by atoms with Crippen LogP contribution < -0.4 is 5.32 Å². The van der Waals surface area contributed by atoms with Gasteiger partial charge in [-0.2, -0.15) is 5.10 Å². The van der Waals surface area contributed by atoms with E-state index in [2.05, 4.69) is 53.5 Å². The second-order valence-corrected chi connectivity index (χ2v) is 4.83. The van der Waals surface area contributed by atoms with E-state index in [1.807, 2.05) is 7.05 Å². The Hall–Kier alpha value is -1.68. The number of nitrogens with one attached hydrogen (secondary N) is 1. The molecule has 0 atom stereocenters. The van der Waals surface area contributed by atoms with Gasteiger partial charge in [0.15, 0.2) is 5.82 Å². The molecule has 0 aliphatic rings. The lowest BCUT2D eigenvalue weighted by atomic mass is 10.0. The van der Waals surface area contributed by atoms with Gasteiger partial charge in [-0.3, -0.25) is 4.68 Å². The fourth-order valence-electron chi connectivity index (χ4n) is 1.80. The van der Waals surface area contributed by atoms with Gasteiger partial charge in [-0.15, -0.1) is 0 Å². The Labute approximate surface area is 108 Å². The minimum atomic E-state index is 0.588. The topological polar surface area (TPSA) is 42.7 Å². The van der Waals surface area contributed by atoms with Crippen molar-refractivity contribution in [2.45, 2.75) is 32.9 Å². The van der Waals surface area contributed by atoms with E-state index in [0.29, 0.717) is 12.5 Å². The fourth-order valence-corrected chi connectivity index (χ4v) is 1.80. The molecule has 1 aromatic heterocycles. The summed E-state index contributed by atoms with van der Waals surface area (Å²) in [5, 5.41) is 7.56. The van der Waals surface area contributed by atoms with E-state index >= 15 is 0 Å². The van der Waals surface area contributed by atoms with Gasteiger partial charge < -0.3 is 5.32 Å². The van der Waals surface area contributed by atoms with Crippen LogP contribution in [0.15, 0.2) is 30.6 Å². The van der Waals surface area contributed by atoms with Crippen LogP contribution in [0.2, 0.25) is 0 Å². The maximum Gasteiger partial charge on any atom is 0.164 e. The molecular formula is C14H20N4. The first-order valence-corrected chi connectivity index (χ1v) is 6.29. The third-order valence-electron chi connectivity index (χ3n) is 2.91. The molecule has 1 heterocycles. The van der Waals surface area contributed by atoms with Crippen LogP contribution in [0.4, 0.5) is 0 Å². The summed E-state index contributed by atoms with van der Waals surface area (Å²) < 4.78 is 1.72. The second-order valence-electron chi connectivity index (χ2n) is 4.83. The summed E-state index contributed by atoms with van der Waals surface area (Å²) in [7, 11) is 1.88. The van der Waals surface area contributed by atoms with Crippen molar-refractivity contribution >= 4 is 0 Å². The van der Waals surface area contributed by atoms with E-state index < -0.39 is 0 Å². The van der Waals surface area contributed by atoms with Gasteiger partial charge in [0, 0.05) is 13.6 Å². The summed E-state index contributed by atoms with van der Waals surface area (Å²) in [6.07, 6.45) is 1.72. The van der Waals surface area contributed by atoms with Gasteiger partial charge in [0.25, 0.3) is 0 Å². The van der Waals surface area contributed by atoms with Crippen molar-refractivity contribution < 1.29 is 0 Å². The van der Waals surface area contributed by atoms with E-state index in [9.17, 15) is 0 Å². The van der Waals surface area contributed by atoms with Crippen LogP contribution in [0.3, 0.4) is 0 Å². The summed E-state index contributed by atoms with van der Waals surface area (Å²) in [6.45, 7) is 5.96. The van der Waals surface area contributed by atoms with Crippen LogP contribution in [0.5, 0.6) is 0 Å². The molecule has 0 saturated heterocycles. The van der Waals surface area contributed by atoms with E-state index in [-0.39, 0.29) is 0 Å². The van der Waals surface area contributed by atoms with Gasteiger partial charge >= 0.3 is 0 Å². The first-order chi connectivity index (χ1) is 8.65. The smallest absolute Gasteiger partial charge is 0.164 e. The van der Waals surface area contributed by atoms with Crippen molar-refractivity contribution in [1.29, 1.82) is 0 Å². The van der Waals surface area contributed by atoms with Gasteiger partial charge in [0.05, 0.1) is 6.54 Å². The Morgan fingerprint density at radius 2 is 1.89 bits per heavy atom. The summed E-state index contributed by atoms with van der Waals surface area (Å²) in [6, 6.07) is 8.74. The van der Waals surface area contributed by atoms with Crippen LogP contribution in [-0.2, 0) is 20.1 Å². The zero-order valence-corrected chi connectivity index (χ0v) is 11.2. The highest BCUT2D eigenvalue weighted by Gasteiger charge is 2.00. The number of hydrogen-bond acceptors (Lipinski definition) is 3. The highest BCUT2D eigenvalue weighted by Crippen LogP contribution is 2.14. The SMILES string of the molecule is CC(C)c1ccc(CNCc2ncn(C)n2)cc1. The molecule has 4 nitrogen and oxygen atoms in total. The van der Waals surface area contributed by atoms with Crippen LogP contribution >= 0.6 is 0 Å². The summed E-state index contributed by atoms with van der Waals surface area (Å²) in [5.41, 5.74) is 2.67. The lowest BCUT2D eigenvalue weighted by Gasteiger charge is -2.07. The number of aromatic nitrogens is 3. The molecular weight excluding hydrogens is 224 g/mol. The predicted octanol–water partition coefficient (Wildman–Crippen LogP) is 2.23. The zero-order chi connectivity index (χ0) is 13.0. The molecule has 1 N–H and O–H groups in total. The second kappa shape index (κ2) is 5.78. The van der Waals surface area contributed by atoms with Crippen molar-refractivity contribution in [2.75, 3.05) is 0 Å². The van der Waals surface area contributed by atoms with E-state index in [1.54, 1.807) is 11.0 Å². The fraction of sp³-hybridized carbons (Fsp3) is 0.429. The third kappa shape index (κ3) is 3.40. The molecule has 0 spiro atoms. The highest BCUT2D eigenvalue weighted by atomic mass is 15.3. The van der Waals surface area contributed by atoms with E-state index in [0.717, 1.165) is 12.4 Å². The van der Waals surface area contributed by atoms with Gasteiger partial charge in [-0.25, -0.2) is 4.98 Å². The Balaban J connectivity index is 1.83. The molecule has 0 aliphatic heterocycles. The normalized spacial score (nSPS) is 11.1. The average Bonchev–Trinajstić information content (AvgIpc) is 2.76. The van der Waals surface area contributed by atoms with Crippen molar-refractivity contribution in [1.82, 2.24) is 20.1 Å². The highest BCUT2D eigenvalue weighted by molar-refractivity contribution is 5.24. The largest absolute Gasteiger partial charge is 0.306 e. The molecule has 0 unspecified atom stereocenters. The van der Waals surface area contributed by atoms with Crippen LogP contribution in [-0.4, -0.2) is 14.8 Å². The molecule has 4 heteroatoms. The molecule has 1 aromatic carbocycles. The quantitative estimate of drug-likeness (QED) is 0.877. The van der Waals surface area contributed by atoms with Crippen LogP contribution in [0.25, 0.3) is 0 Å². The number of rotatable bonds is 5. The molecule has 0 saturated carbocycles. The average molecular weight is 244 g/mol. The van der Waals surface area contributed by atoms with Gasteiger partial charge in [-0.1, -0.05) is 38.1 Å². The lowest BCUT2D eigenvalue weighted by Crippen LogP contribution is -2.14. The molecule has 96 valence electrons. The van der Waals surface area contributed by atoms with Crippen molar-refractivity contribution in [3.8, 4) is 0 Å². The Morgan fingerprint density at radius 1 is 1.17 bits per heavy atom. The van der Waals surface area contributed by atoms with Crippen molar-refractivity contribution in [3.05, 3.63) is 47.5 Å². The van der Waals surface area contributed by atoms with Crippen LogP contribution in [0, 0.1) is 0 Å². The molecule has 0 radical (unpaired) electrons. The van der Waals surface area contributed by atoms with Gasteiger partial charge in [0.2, 0.25) is 0 Å². The first-order valence-electron chi connectivity index (χ1n) is 6.29. The number of nitrogens with zero attached hydrogens (tertiary/aromatic N) is 3. The first kappa shape index (κ1) is 12.8. The van der Waals surface area contributed by atoms with Crippen molar-refractivity contribution in [3.63, 3.8) is 0 Å². The van der Waals surface area contributed by atoms with E-state index in [1.165, 1.54) is 11.1 Å². The minimum absolute atomic E-state index is 0.588. The lowest BCUT2D eigenvalue weighted by molar-refractivity contribution is 0.649. The van der Waals surface area contributed by atoms with E-state index in [4.69, 9.17) is 0 Å². The predicted molar refractivity (Wildman–Crippen MR) is 72.1 cm³/mol. The maximum absolute atomic E-state index is 4.22.